The molecular weight excluding hydrogens is 164 g/mol. The number of piperidine rings is 1. The van der Waals surface area contributed by atoms with Crippen LogP contribution in [0.1, 0.15) is 12.8 Å². The Kier molecular flexibility index (Phi) is 2.22. The third kappa shape index (κ3) is 1.83. The maximum absolute atomic E-state index is 5.90. The third-order valence-electron chi connectivity index (χ3n) is 2.51. The molecule has 4 nitrogen and oxygen atoms in total. The van der Waals surface area contributed by atoms with Gasteiger partial charge in [0.2, 0.25) is 0 Å². The summed E-state index contributed by atoms with van der Waals surface area (Å²) in [6.45, 7) is 2.07. The molecule has 1 aliphatic rings. The van der Waals surface area contributed by atoms with Gasteiger partial charge in [-0.15, -0.1) is 0 Å². The standard InChI is InChI=1S/C9H16N4/c1-12-7-9(5-11-12)13-4-2-3-8(10)6-13/h5,7-8H,2-4,6,10H2,1H3/t8-/m1/s1. The summed E-state index contributed by atoms with van der Waals surface area (Å²) < 4.78 is 1.83. The number of nitrogens with zero attached hydrogens (tertiary/aromatic N) is 3. The summed E-state index contributed by atoms with van der Waals surface area (Å²) in [6, 6.07) is 0.328. The smallest absolute Gasteiger partial charge is 0.0752 e. The number of aromatic nitrogens is 2. The third-order valence-corrected chi connectivity index (χ3v) is 2.51. The Morgan fingerprint density at radius 2 is 2.46 bits per heavy atom. The number of nitrogens with two attached hydrogens (primary N) is 1. The summed E-state index contributed by atoms with van der Waals surface area (Å²) in [7, 11) is 1.94. The van der Waals surface area contributed by atoms with E-state index in [1.54, 1.807) is 0 Å². The van der Waals surface area contributed by atoms with Crippen LogP contribution in [0.4, 0.5) is 5.69 Å². The van der Waals surface area contributed by atoms with Gasteiger partial charge >= 0.3 is 0 Å². The molecule has 0 aliphatic carbocycles. The lowest BCUT2D eigenvalue weighted by Crippen LogP contribution is -2.42. The maximum Gasteiger partial charge on any atom is 0.0752 e. The van der Waals surface area contributed by atoms with Crippen LogP contribution in [0.3, 0.4) is 0 Å². The Hall–Kier alpha value is -1.03. The van der Waals surface area contributed by atoms with Gasteiger partial charge in [0.1, 0.15) is 0 Å². The molecule has 0 saturated carbocycles. The lowest BCUT2D eigenvalue weighted by molar-refractivity contribution is 0.506. The van der Waals surface area contributed by atoms with Gasteiger partial charge < -0.3 is 10.6 Å². The van der Waals surface area contributed by atoms with Gasteiger partial charge in [0.25, 0.3) is 0 Å². The molecule has 0 radical (unpaired) electrons. The molecule has 1 aromatic rings. The largest absolute Gasteiger partial charge is 0.367 e. The van der Waals surface area contributed by atoms with Gasteiger partial charge in [0, 0.05) is 32.4 Å². The van der Waals surface area contributed by atoms with E-state index >= 15 is 0 Å². The van der Waals surface area contributed by atoms with E-state index in [2.05, 4.69) is 10.00 Å². The molecule has 1 aliphatic heterocycles. The van der Waals surface area contributed by atoms with Crippen LogP contribution in [0.2, 0.25) is 0 Å². The van der Waals surface area contributed by atoms with Gasteiger partial charge in [-0.05, 0) is 12.8 Å². The van der Waals surface area contributed by atoms with Crippen molar-refractivity contribution in [1.29, 1.82) is 0 Å². The van der Waals surface area contributed by atoms with E-state index in [9.17, 15) is 0 Å². The molecule has 72 valence electrons. The van der Waals surface area contributed by atoms with Crippen molar-refractivity contribution in [2.45, 2.75) is 18.9 Å². The van der Waals surface area contributed by atoms with Crippen LogP contribution in [0, 0.1) is 0 Å². The zero-order chi connectivity index (χ0) is 9.26. The van der Waals surface area contributed by atoms with Crippen molar-refractivity contribution in [1.82, 2.24) is 9.78 Å². The fourth-order valence-electron chi connectivity index (χ4n) is 1.82. The average Bonchev–Trinajstić information content (AvgIpc) is 2.52. The molecule has 0 unspecified atom stereocenters. The van der Waals surface area contributed by atoms with Crippen molar-refractivity contribution < 1.29 is 0 Å². The lowest BCUT2D eigenvalue weighted by Gasteiger charge is -2.31. The fraction of sp³-hybridized carbons (Fsp3) is 0.667. The van der Waals surface area contributed by atoms with Crippen molar-refractivity contribution in [2.24, 2.45) is 12.8 Å². The highest BCUT2D eigenvalue weighted by atomic mass is 15.3. The van der Waals surface area contributed by atoms with Crippen LogP contribution in [0.5, 0.6) is 0 Å². The number of aryl methyl sites for hydroxylation is 1. The molecule has 2 N–H and O–H groups in total. The van der Waals surface area contributed by atoms with Gasteiger partial charge in [-0.25, -0.2) is 0 Å². The summed E-state index contributed by atoms with van der Waals surface area (Å²) in [5.74, 6) is 0. The van der Waals surface area contributed by atoms with Crippen LogP contribution in [0.25, 0.3) is 0 Å². The van der Waals surface area contributed by atoms with Crippen molar-refractivity contribution in [3.05, 3.63) is 12.4 Å². The second kappa shape index (κ2) is 3.38. The van der Waals surface area contributed by atoms with Crippen molar-refractivity contribution in [2.75, 3.05) is 18.0 Å². The molecular formula is C9H16N4. The zero-order valence-corrected chi connectivity index (χ0v) is 7.98. The van der Waals surface area contributed by atoms with Crippen LogP contribution < -0.4 is 10.6 Å². The molecule has 1 atom stereocenters. The molecule has 0 bridgehead atoms. The van der Waals surface area contributed by atoms with E-state index in [1.807, 2.05) is 24.1 Å². The highest BCUT2D eigenvalue weighted by Gasteiger charge is 2.17. The van der Waals surface area contributed by atoms with E-state index < -0.39 is 0 Å². The highest BCUT2D eigenvalue weighted by Crippen LogP contribution is 2.17. The van der Waals surface area contributed by atoms with E-state index in [1.165, 1.54) is 12.1 Å². The second-order valence-corrected chi connectivity index (χ2v) is 3.72. The van der Waals surface area contributed by atoms with Crippen LogP contribution in [0.15, 0.2) is 12.4 Å². The molecule has 13 heavy (non-hydrogen) atoms. The minimum atomic E-state index is 0.328. The van der Waals surface area contributed by atoms with Crippen molar-refractivity contribution in [3.8, 4) is 0 Å². The first kappa shape index (κ1) is 8.56. The van der Waals surface area contributed by atoms with E-state index in [0.29, 0.717) is 6.04 Å². The molecule has 2 rings (SSSR count). The SMILES string of the molecule is Cn1cc(N2CCC[C@@H](N)C2)cn1. The van der Waals surface area contributed by atoms with Gasteiger partial charge in [-0.2, -0.15) is 5.10 Å². The van der Waals surface area contributed by atoms with Crippen molar-refractivity contribution in [3.63, 3.8) is 0 Å². The van der Waals surface area contributed by atoms with E-state index in [4.69, 9.17) is 5.73 Å². The molecule has 4 heteroatoms. The summed E-state index contributed by atoms with van der Waals surface area (Å²) in [4.78, 5) is 2.31. The summed E-state index contributed by atoms with van der Waals surface area (Å²) in [5.41, 5.74) is 7.09. The quantitative estimate of drug-likeness (QED) is 0.678. The minimum absolute atomic E-state index is 0.328. The Labute approximate surface area is 78.3 Å². The van der Waals surface area contributed by atoms with Gasteiger partial charge in [-0.1, -0.05) is 0 Å². The van der Waals surface area contributed by atoms with Gasteiger partial charge in [0.05, 0.1) is 11.9 Å². The monoisotopic (exact) mass is 180 g/mol. The molecule has 0 amide bonds. The Balaban J connectivity index is 2.08. The average molecular weight is 180 g/mol. The molecule has 2 heterocycles. The van der Waals surface area contributed by atoms with E-state index in [0.717, 1.165) is 19.5 Å². The van der Waals surface area contributed by atoms with E-state index in [-0.39, 0.29) is 0 Å². The molecule has 1 saturated heterocycles. The Bertz CT molecular complexity index is 281. The van der Waals surface area contributed by atoms with Crippen molar-refractivity contribution >= 4 is 5.69 Å². The molecule has 1 aromatic heterocycles. The van der Waals surface area contributed by atoms with Gasteiger partial charge in [0.15, 0.2) is 0 Å². The lowest BCUT2D eigenvalue weighted by atomic mass is 10.1. The first-order valence-electron chi connectivity index (χ1n) is 4.75. The van der Waals surface area contributed by atoms with Crippen LogP contribution in [-0.4, -0.2) is 28.9 Å². The molecule has 0 aromatic carbocycles. The Morgan fingerprint density at radius 1 is 1.62 bits per heavy atom. The number of rotatable bonds is 1. The normalized spacial score (nSPS) is 23.5. The molecule has 1 fully saturated rings. The van der Waals surface area contributed by atoms with Crippen LogP contribution >= 0.6 is 0 Å². The first-order chi connectivity index (χ1) is 6.25. The maximum atomic E-state index is 5.90. The fourth-order valence-corrected chi connectivity index (χ4v) is 1.82. The molecule has 0 spiro atoms. The highest BCUT2D eigenvalue weighted by molar-refractivity contribution is 5.42. The zero-order valence-electron chi connectivity index (χ0n) is 7.98. The number of hydrogen-bond acceptors (Lipinski definition) is 3. The number of hydrogen-bond donors (Lipinski definition) is 1. The second-order valence-electron chi connectivity index (χ2n) is 3.72. The topological polar surface area (TPSA) is 47.1 Å². The van der Waals surface area contributed by atoms with Crippen LogP contribution in [-0.2, 0) is 7.05 Å². The summed E-state index contributed by atoms with van der Waals surface area (Å²) in [6.07, 6.45) is 6.28. The Morgan fingerprint density at radius 3 is 3.08 bits per heavy atom. The first-order valence-corrected chi connectivity index (χ1v) is 4.75. The predicted molar refractivity (Wildman–Crippen MR) is 52.6 cm³/mol. The summed E-state index contributed by atoms with van der Waals surface area (Å²) in [5, 5.41) is 4.15. The minimum Gasteiger partial charge on any atom is -0.367 e. The van der Waals surface area contributed by atoms with Gasteiger partial charge in [-0.3, -0.25) is 4.68 Å². The summed E-state index contributed by atoms with van der Waals surface area (Å²) >= 11 is 0. The predicted octanol–water partition coefficient (Wildman–Crippen LogP) is 0.348. The number of anilines is 1.